The molecule has 0 spiro atoms. The summed E-state index contributed by atoms with van der Waals surface area (Å²) in [5, 5.41) is 9.27. The minimum absolute atomic E-state index is 0.241. The Morgan fingerprint density at radius 1 is 1.53 bits per heavy atom. The van der Waals surface area contributed by atoms with Crippen LogP contribution in [0.3, 0.4) is 0 Å². The number of nitrogens with two attached hydrogens (primary N) is 1. The van der Waals surface area contributed by atoms with E-state index in [1.807, 2.05) is 18.2 Å². The Morgan fingerprint density at radius 2 is 2.35 bits per heavy atom. The lowest BCUT2D eigenvalue weighted by molar-refractivity contribution is 0.289. The molecule has 0 aliphatic carbocycles. The standard InChI is InChI=1S/C12H17N3OS/c1-8(4-5-16)17-7-12-14-10-3-2-9(13)6-11(10)15-12/h2-3,6,8,16H,4-5,7,13H2,1H3,(H,14,15). The Morgan fingerprint density at radius 3 is 3.12 bits per heavy atom. The monoisotopic (exact) mass is 251 g/mol. The van der Waals surface area contributed by atoms with Crippen LogP contribution in [0.4, 0.5) is 5.69 Å². The number of rotatable bonds is 5. The third kappa shape index (κ3) is 3.14. The van der Waals surface area contributed by atoms with Gasteiger partial charge >= 0.3 is 0 Å². The van der Waals surface area contributed by atoms with Crippen molar-refractivity contribution in [3.63, 3.8) is 0 Å². The summed E-state index contributed by atoms with van der Waals surface area (Å²) in [6.45, 7) is 2.35. The van der Waals surface area contributed by atoms with Crippen LogP contribution in [0.2, 0.25) is 0 Å². The van der Waals surface area contributed by atoms with E-state index in [9.17, 15) is 0 Å². The molecule has 1 heterocycles. The highest BCUT2D eigenvalue weighted by molar-refractivity contribution is 7.99. The van der Waals surface area contributed by atoms with Gasteiger partial charge in [0.05, 0.1) is 16.8 Å². The number of nitrogens with zero attached hydrogens (tertiary/aromatic N) is 1. The molecule has 17 heavy (non-hydrogen) atoms. The fourth-order valence-corrected chi connectivity index (χ4v) is 2.49. The SMILES string of the molecule is CC(CCO)SCc1nc2ccc(N)cc2[nH]1. The number of hydrogen-bond acceptors (Lipinski definition) is 4. The third-order valence-electron chi connectivity index (χ3n) is 2.60. The summed E-state index contributed by atoms with van der Waals surface area (Å²) in [5.74, 6) is 1.79. The molecule has 0 aliphatic rings. The van der Waals surface area contributed by atoms with Crippen LogP contribution in [0.5, 0.6) is 0 Å². The van der Waals surface area contributed by atoms with Crippen LogP contribution in [0.1, 0.15) is 19.2 Å². The van der Waals surface area contributed by atoms with E-state index in [0.717, 1.165) is 34.7 Å². The van der Waals surface area contributed by atoms with Crippen LogP contribution >= 0.6 is 11.8 Å². The summed E-state index contributed by atoms with van der Waals surface area (Å²) in [7, 11) is 0. The molecule has 0 saturated heterocycles. The highest BCUT2D eigenvalue weighted by atomic mass is 32.2. The van der Waals surface area contributed by atoms with E-state index in [1.165, 1.54) is 0 Å². The number of benzene rings is 1. The summed E-state index contributed by atoms with van der Waals surface area (Å²) in [6, 6.07) is 5.68. The maximum atomic E-state index is 8.83. The summed E-state index contributed by atoms with van der Waals surface area (Å²) < 4.78 is 0. The summed E-state index contributed by atoms with van der Waals surface area (Å²) in [6.07, 6.45) is 0.817. The third-order valence-corrected chi connectivity index (χ3v) is 3.84. The Balaban J connectivity index is 2.04. The number of hydrogen-bond donors (Lipinski definition) is 3. The van der Waals surface area contributed by atoms with Gasteiger partial charge in [-0.3, -0.25) is 0 Å². The lowest BCUT2D eigenvalue weighted by atomic mass is 10.3. The van der Waals surface area contributed by atoms with Crippen molar-refractivity contribution in [3.05, 3.63) is 24.0 Å². The van der Waals surface area contributed by atoms with Gasteiger partial charge in [0.1, 0.15) is 5.82 Å². The molecule has 0 fully saturated rings. The molecule has 1 unspecified atom stereocenters. The fraction of sp³-hybridized carbons (Fsp3) is 0.417. The van der Waals surface area contributed by atoms with E-state index >= 15 is 0 Å². The van der Waals surface area contributed by atoms with Gasteiger partial charge in [0.25, 0.3) is 0 Å². The quantitative estimate of drug-likeness (QED) is 0.712. The van der Waals surface area contributed by atoms with E-state index in [1.54, 1.807) is 11.8 Å². The number of nitrogen functional groups attached to an aromatic ring is 1. The van der Waals surface area contributed by atoms with Gasteiger partial charge in [-0.25, -0.2) is 4.98 Å². The molecule has 2 aromatic rings. The van der Waals surface area contributed by atoms with Crippen LogP contribution in [0, 0.1) is 0 Å². The smallest absolute Gasteiger partial charge is 0.117 e. The number of nitrogens with one attached hydrogen (secondary N) is 1. The number of aliphatic hydroxyl groups is 1. The van der Waals surface area contributed by atoms with Gasteiger partial charge < -0.3 is 15.8 Å². The van der Waals surface area contributed by atoms with Crippen molar-refractivity contribution < 1.29 is 5.11 Å². The highest BCUT2D eigenvalue weighted by Crippen LogP contribution is 2.21. The van der Waals surface area contributed by atoms with Crippen molar-refractivity contribution in [1.29, 1.82) is 0 Å². The molecule has 1 atom stereocenters. The molecular weight excluding hydrogens is 234 g/mol. The second kappa shape index (κ2) is 5.42. The maximum Gasteiger partial charge on any atom is 0.117 e. The maximum absolute atomic E-state index is 8.83. The molecule has 4 nitrogen and oxygen atoms in total. The van der Waals surface area contributed by atoms with E-state index in [-0.39, 0.29) is 6.61 Å². The highest BCUT2D eigenvalue weighted by Gasteiger charge is 2.06. The van der Waals surface area contributed by atoms with Crippen LogP contribution in [0.15, 0.2) is 18.2 Å². The average Bonchev–Trinajstić information content (AvgIpc) is 2.68. The van der Waals surface area contributed by atoms with Crippen molar-refractivity contribution in [2.45, 2.75) is 24.3 Å². The van der Waals surface area contributed by atoms with Gasteiger partial charge in [0.15, 0.2) is 0 Å². The minimum Gasteiger partial charge on any atom is -0.399 e. The number of anilines is 1. The first-order valence-electron chi connectivity index (χ1n) is 5.65. The Hall–Kier alpha value is -1.20. The predicted octanol–water partition coefficient (Wildman–Crippen LogP) is 2.15. The average molecular weight is 251 g/mol. The molecule has 92 valence electrons. The van der Waals surface area contributed by atoms with Crippen molar-refractivity contribution >= 4 is 28.5 Å². The second-order valence-electron chi connectivity index (χ2n) is 4.09. The van der Waals surface area contributed by atoms with Crippen LogP contribution in [-0.4, -0.2) is 26.9 Å². The number of aromatic nitrogens is 2. The summed E-state index contributed by atoms with van der Waals surface area (Å²) in [4.78, 5) is 7.75. The predicted molar refractivity (Wildman–Crippen MR) is 73.0 cm³/mol. The zero-order valence-electron chi connectivity index (χ0n) is 9.81. The minimum atomic E-state index is 0.241. The first-order valence-corrected chi connectivity index (χ1v) is 6.70. The van der Waals surface area contributed by atoms with Crippen molar-refractivity contribution in [3.8, 4) is 0 Å². The fourth-order valence-electron chi connectivity index (χ4n) is 1.63. The van der Waals surface area contributed by atoms with E-state index in [2.05, 4.69) is 16.9 Å². The number of aromatic amines is 1. The zero-order valence-corrected chi connectivity index (χ0v) is 10.6. The summed E-state index contributed by atoms with van der Waals surface area (Å²) in [5.41, 5.74) is 8.39. The first kappa shape index (κ1) is 12.3. The number of imidazole rings is 1. The molecule has 0 radical (unpaired) electrons. The van der Waals surface area contributed by atoms with Crippen LogP contribution in [0.25, 0.3) is 11.0 Å². The van der Waals surface area contributed by atoms with E-state index < -0.39 is 0 Å². The van der Waals surface area contributed by atoms with Gasteiger partial charge in [-0.05, 0) is 24.6 Å². The topological polar surface area (TPSA) is 74.9 Å². The Bertz CT molecular complexity index is 497. The molecule has 5 heteroatoms. The Labute approximate surface area is 105 Å². The van der Waals surface area contributed by atoms with Gasteiger partial charge in [0, 0.05) is 17.5 Å². The largest absolute Gasteiger partial charge is 0.399 e. The number of aliphatic hydroxyl groups excluding tert-OH is 1. The molecule has 4 N–H and O–H groups in total. The molecule has 1 aromatic carbocycles. The lowest BCUT2D eigenvalue weighted by Gasteiger charge is -2.06. The number of fused-ring (bicyclic) bond motifs is 1. The van der Waals surface area contributed by atoms with Crippen LogP contribution in [-0.2, 0) is 5.75 Å². The number of thioether (sulfide) groups is 1. The van der Waals surface area contributed by atoms with E-state index in [4.69, 9.17) is 10.8 Å². The van der Waals surface area contributed by atoms with E-state index in [0.29, 0.717) is 5.25 Å². The van der Waals surface area contributed by atoms with Gasteiger partial charge in [-0.15, -0.1) is 0 Å². The van der Waals surface area contributed by atoms with Crippen molar-refractivity contribution in [1.82, 2.24) is 9.97 Å². The first-order chi connectivity index (χ1) is 8.19. The Kier molecular flexibility index (Phi) is 3.91. The van der Waals surface area contributed by atoms with Crippen LogP contribution < -0.4 is 5.73 Å². The lowest BCUT2D eigenvalue weighted by Crippen LogP contribution is -2.00. The zero-order chi connectivity index (χ0) is 12.3. The van der Waals surface area contributed by atoms with Gasteiger partial charge in [-0.1, -0.05) is 6.92 Å². The molecule has 0 saturated carbocycles. The molecule has 0 bridgehead atoms. The number of H-pyrrole nitrogens is 1. The molecule has 0 aliphatic heterocycles. The molecular formula is C12H17N3OS. The normalized spacial score (nSPS) is 13.1. The van der Waals surface area contributed by atoms with Gasteiger partial charge in [0.2, 0.25) is 0 Å². The molecule has 2 rings (SSSR count). The second-order valence-corrected chi connectivity index (χ2v) is 5.52. The van der Waals surface area contributed by atoms with Gasteiger partial charge in [-0.2, -0.15) is 11.8 Å². The summed E-state index contributed by atoms with van der Waals surface area (Å²) >= 11 is 1.79. The van der Waals surface area contributed by atoms with Crippen molar-refractivity contribution in [2.75, 3.05) is 12.3 Å². The molecule has 0 amide bonds. The molecule has 1 aromatic heterocycles. The van der Waals surface area contributed by atoms with Crippen molar-refractivity contribution in [2.24, 2.45) is 0 Å².